The Morgan fingerprint density at radius 1 is 1.31 bits per heavy atom. The maximum atomic E-state index is 5.31. The van der Waals surface area contributed by atoms with Crippen molar-refractivity contribution in [2.75, 3.05) is 6.54 Å². The third-order valence-electron chi connectivity index (χ3n) is 3.50. The van der Waals surface area contributed by atoms with E-state index in [1.165, 1.54) is 44.9 Å². The molecule has 1 unspecified atom stereocenters. The zero-order valence-electron chi connectivity index (χ0n) is 8.89. The van der Waals surface area contributed by atoms with Gasteiger partial charge in [-0.1, -0.05) is 45.4 Å². The SMILES string of the molecule is CCC(CCNN)C1CCCCC1. The van der Waals surface area contributed by atoms with Crippen molar-refractivity contribution in [2.45, 2.75) is 51.9 Å². The number of hydrazine groups is 1. The molecule has 0 aliphatic heterocycles. The van der Waals surface area contributed by atoms with E-state index in [1.54, 1.807) is 0 Å². The lowest BCUT2D eigenvalue weighted by Crippen LogP contribution is -2.27. The van der Waals surface area contributed by atoms with Gasteiger partial charge in [-0.15, -0.1) is 0 Å². The minimum atomic E-state index is 0.913. The fourth-order valence-corrected chi connectivity index (χ4v) is 2.65. The molecule has 1 saturated carbocycles. The molecule has 2 nitrogen and oxygen atoms in total. The summed E-state index contributed by atoms with van der Waals surface area (Å²) in [6.07, 6.45) is 9.88. The van der Waals surface area contributed by atoms with Gasteiger partial charge in [-0.05, 0) is 18.3 Å². The van der Waals surface area contributed by atoms with Gasteiger partial charge in [0.25, 0.3) is 0 Å². The van der Waals surface area contributed by atoms with Crippen LogP contribution >= 0.6 is 0 Å². The molecule has 0 heterocycles. The van der Waals surface area contributed by atoms with Crippen LogP contribution in [0.4, 0.5) is 0 Å². The van der Waals surface area contributed by atoms with Crippen molar-refractivity contribution in [1.29, 1.82) is 0 Å². The molecule has 0 spiro atoms. The summed E-state index contributed by atoms with van der Waals surface area (Å²) in [5.74, 6) is 7.22. The van der Waals surface area contributed by atoms with Gasteiger partial charge in [0, 0.05) is 6.54 Å². The van der Waals surface area contributed by atoms with Gasteiger partial charge in [0.05, 0.1) is 0 Å². The van der Waals surface area contributed by atoms with Crippen LogP contribution in [-0.2, 0) is 0 Å². The van der Waals surface area contributed by atoms with E-state index < -0.39 is 0 Å². The Morgan fingerprint density at radius 2 is 2.00 bits per heavy atom. The summed E-state index contributed by atoms with van der Waals surface area (Å²) in [6.45, 7) is 3.30. The molecule has 1 atom stereocenters. The molecule has 0 bridgehead atoms. The lowest BCUT2D eigenvalue weighted by Gasteiger charge is -2.29. The Balaban J connectivity index is 2.26. The molecule has 0 saturated heterocycles. The highest BCUT2D eigenvalue weighted by Gasteiger charge is 2.21. The summed E-state index contributed by atoms with van der Waals surface area (Å²) in [4.78, 5) is 0. The number of nitrogens with one attached hydrogen (secondary N) is 1. The average Bonchev–Trinajstić information content (AvgIpc) is 2.21. The Kier molecular flexibility index (Phi) is 5.40. The molecule has 0 radical (unpaired) electrons. The van der Waals surface area contributed by atoms with E-state index in [0.717, 1.165) is 18.4 Å². The molecule has 0 aromatic rings. The van der Waals surface area contributed by atoms with Crippen LogP contribution in [-0.4, -0.2) is 6.54 Å². The lowest BCUT2D eigenvalue weighted by molar-refractivity contribution is 0.229. The highest BCUT2D eigenvalue weighted by atomic mass is 15.2. The summed E-state index contributed by atoms with van der Waals surface area (Å²) in [5.41, 5.74) is 2.77. The van der Waals surface area contributed by atoms with E-state index in [4.69, 9.17) is 5.84 Å². The van der Waals surface area contributed by atoms with Crippen molar-refractivity contribution in [1.82, 2.24) is 5.43 Å². The van der Waals surface area contributed by atoms with Crippen LogP contribution < -0.4 is 11.3 Å². The Labute approximate surface area is 82.2 Å². The molecule has 3 N–H and O–H groups in total. The number of rotatable bonds is 5. The highest BCUT2D eigenvalue weighted by molar-refractivity contribution is 4.73. The van der Waals surface area contributed by atoms with E-state index >= 15 is 0 Å². The van der Waals surface area contributed by atoms with E-state index in [0.29, 0.717) is 0 Å². The van der Waals surface area contributed by atoms with E-state index in [2.05, 4.69) is 12.3 Å². The zero-order chi connectivity index (χ0) is 9.52. The summed E-state index contributed by atoms with van der Waals surface area (Å²) in [7, 11) is 0. The first kappa shape index (κ1) is 11.0. The normalized spacial score (nSPS) is 21.7. The second-order valence-electron chi connectivity index (χ2n) is 4.31. The van der Waals surface area contributed by atoms with Gasteiger partial charge < -0.3 is 0 Å². The first-order valence-electron chi connectivity index (χ1n) is 5.82. The van der Waals surface area contributed by atoms with Gasteiger partial charge in [0.1, 0.15) is 0 Å². The molecule has 0 amide bonds. The predicted molar refractivity (Wildman–Crippen MR) is 57.2 cm³/mol. The first-order valence-corrected chi connectivity index (χ1v) is 5.82. The van der Waals surface area contributed by atoms with Crippen molar-refractivity contribution in [3.8, 4) is 0 Å². The fraction of sp³-hybridized carbons (Fsp3) is 1.00. The van der Waals surface area contributed by atoms with Crippen LogP contribution in [0.15, 0.2) is 0 Å². The molecular weight excluding hydrogens is 160 g/mol. The van der Waals surface area contributed by atoms with Gasteiger partial charge in [-0.3, -0.25) is 11.3 Å². The van der Waals surface area contributed by atoms with Gasteiger partial charge in [0.15, 0.2) is 0 Å². The summed E-state index contributed by atoms with van der Waals surface area (Å²) < 4.78 is 0. The monoisotopic (exact) mass is 184 g/mol. The average molecular weight is 184 g/mol. The minimum Gasteiger partial charge on any atom is -0.271 e. The summed E-state index contributed by atoms with van der Waals surface area (Å²) in [6, 6.07) is 0. The summed E-state index contributed by atoms with van der Waals surface area (Å²) >= 11 is 0. The number of hydrogen-bond acceptors (Lipinski definition) is 2. The molecular formula is C11H24N2. The molecule has 1 rings (SSSR count). The minimum absolute atomic E-state index is 0.913. The van der Waals surface area contributed by atoms with E-state index in [9.17, 15) is 0 Å². The second kappa shape index (κ2) is 6.39. The predicted octanol–water partition coefficient (Wildman–Crippen LogP) is 2.45. The molecule has 1 aliphatic carbocycles. The fourth-order valence-electron chi connectivity index (χ4n) is 2.65. The van der Waals surface area contributed by atoms with Crippen LogP contribution in [0.3, 0.4) is 0 Å². The molecule has 2 heteroatoms. The second-order valence-corrected chi connectivity index (χ2v) is 4.31. The van der Waals surface area contributed by atoms with Crippen molar-refractivity contribution in [2.24, 2.45) is 17.7 Å². The zero-order valence-corrected chi connectivity index (χ0v) is 8.89. The molecule has 78 valence electrons. The van der Waals surface area contributed by atoms with Crippen LogP contribution in [0, 0.1) is 11.8 Å². The largest absolute Gasteiger partial charge is 0.271 e. The first-order chi connectivity index (χ1) is 6.38. The van der Waals surface area contributed by atoms with Gasteiger partial charge in [-0.2, -0.15) is 0 Å². The van der Waals surface area contributed by atoms with Gasteiger partial charge in [-0.25, -0.2) is 0 Å². The van der Waals surface area contributed by atoms with Crippen LogP contribution in [0.2, 0.25) is 0 Å². The Morgan fingerprint density at radius 3 is 2.54 bits per heavy atom. The molecule has 1 fully saturated rings. The van der Waals surface area contributed by atoms with Crippen molar-refractivity contribution in [3.63, 3.8) is 0 Å². The maximum absolute atomic E-state index is 5.31. The van der Waals surface area contributed by atoms with Crippen molar-refractivity contribution < 1.29 is 0 Å². The van der Waals surface area contributed by atoms with Crippen molar-refractivity contribution >= 4 is 0 Å². The van der Waals surface area contributed by atoms with Gasteiger partial charge >= 0.3 is 0 Å². The molecule has 0 aromatic heterocycles. The Hall–Kier alpha value is -0.0800. The maximum Gasteiger partial charge on any atom is 0.0100 e. The molecule has 0 aromatic carbocycles. The Bertz CT molecular complexity index is 119. The highest BCUT2D eigenvalue weighted by Crippen LogP contribution is 2.33. The quantitative estimate of drug-likeness (QED) is 0.509. The number of hydrogen-bond donors (Lipinski definition) is 2. The third kappa shape index (κ3) is 3.65. The van der Waals surface area contributed by atoms with E-state index in [1.807, 2.05) is 0 Å². The van der Waals surface area contributed by atoms with E-state index in [-0.39, 0.29) is 0 Å². The molecule has 1 aliphatic rings. The standard InChI is InChI=1S/C11H24N2/c1-2-10(8-9-13-12)11-6-4-3-5-7-11/h10-11,13H,2-9,12H2,1H3. The topological polar surface area (TPSA) is 38.0 Å². The molecule has 13 heavy (non-hydrogen) atoms. The number of nitrogens with two attached hydrogens (primary N) is 1. The summed E-state index contributed by atoms with van der Waals surface area (Å²) in [5, 5.41) is 0. The lowest BCUT2D eigenvalue weighted by atomic mass is 9.77. The van der Waals surface area contributed by atoms with Gasteiger partial charge in [0.2, 0.25) is 0 Å². The van der Waals surface area contributed by atoms with Crippen LogP contribution in [0.25, 0.3) is 0 Å². The van der Waals surface area contributed by atoms with Crippen molar-refractivity contribution in [3.05, 3.63) is 0 Å². The smallest absolute Gasteiger partial charge is 0.0100 e. The third-order valence-corrected chi connectivity index (χ3v) is 3.50. The van der Waals surface area contributed by atoms with Crippen LogP contribution in [0.1, 0.15) is 51.9 Å². The van der Waals surface area contributed by atoms with Crippen LogP contribution in [0.5, 0.6) is 0 Å².